The highest BCUT2D eigenvalue weighted by Gasteiger charge is 2.27. The molecule has 1 N–H and O–H groups in total. The number of likely N-dealkylation sites (tertiary alicyclic amines) is 2. The van der Waals surface area contributed by atoms with Gasteiger partial charge in [-0.3, -0.25) is 0 Å². The number of methoxy groups -OCH3 is 1. The average Bonchev–Trinajstić information content (AvgIpc) is 3.40. The number of hydrogen-bond acceptors (Lipinski definition) is 5. The largest absolute Gasteiger partial charge is 0.385 e. The Kier molecular flexibility index (Phi) is 9.93. The average molecular weight is 505 g/mol. The molecule has 2 aliphatic rings. The fourth-order valence-electron chi connectivity index (χ4n) is 3.92. The fourth-order valence-corrected chi connectivity index (χ4v) is 3.92. The number of halogens is 1. The summed E-state index contributed by atoms with van der Waals surface area (Å²) in [6.45, 7) is 10.1. The molecule has 2 saturated heterocycles. The van der Waals surface area contributed by atoms with Crippen molar-refractivity contribution in [3.63, 3.8) is 0 Å². The quantitative estimate of drug-likeness (QED) is 0.251. The number of aryl methyl sites for hydroxylation is 1. The zero-order valence-electron chi connectivity index (χ0n) is 17.6. The van der Waals surface area contributed by atoms with Gasteiger partial charge in [0, 0.05) is 46.9 Å². The lowest BCUT2D eigenvalue weighted by molar-refractivity contribution is 0.195. The van der Waals surface area contributed by atoms with Gasteiger partial charge in [-0.25, -0.2) is 4.99 Å². The predicted molar refractivity (Wildman–Crippen MR) is 122 cm³/mol. The van der Waals surface area contributed by atoms with Gasteiger partial charge in [-0.1, -0.05) is 0 Å². The maximum atomic E-state index is 5.17. The molecule has 8 nitrogen and oxygen atoms in total. The van der Waals surface area contributed by atoms with E-state index in [0.717, 1.165) is 56.2 Å². The topological polar surface area (TPSA) is 70.8 Å². The van der Waals surface area contributed by atoms with Crippen LogP contribution >= 0.6 is 24.0 Å². The molecule has 2 aliphatic heterocycles. The Bertz CT molecular complexity index is 615. The van der Waals surface area contributed by atoms with Crippen LogP contribution in [0, 0.1) is 12.8 Å². The molecule has 0 aromatic carbocycles. The van der Waals surface area contributed by atoms with Gasteiger partial charge in [0.1, 0.15) is 12.4 Å². The van der Waals surface area contributed by atoms with E-state index in [0.29, 0.717) is 6.54 Å². The minimum Gasteiger partial charge on any atom is -0.385 e. The Morgan fingerprint density at radius 2 is 2.04 bits per heavy atom. The lowest BCUT2D eigenvalue weighted by atomic mass is 10.1. The van der Waals surface area contributed by atoms with Crippen LogP contribution in [-0.4, -0.2) is 83.5 Å². The smallest absolute Gasteiger partial charge is 0.194 e. The third kappa shape index (κ3) is 6.55. The molecular weight excluding hydrogens is 469 g/mol. The number of nitrogens with one attached hydrogen (secondary N) is 1. The van der Waals surface area contributed by atoms with Gasteiger partial charge in [0.15, 0.2) is 11.8 Å². The highest BCUT2D eigenvalue weighted by molar-refractivity contribution is 14.0. The summed E-state index contributed by atoms with van der Waals surface area (Å²) in [5.41, 5.74) is 0. The Morgan fingerprint density at radius 1 is 1.25 bits per heavy atom. The number of rotatable bonds is 8. The molecule has 0 amide bonds. The predicted octanol–water partition coefficient (Wildman–Crippen LogP) is 1.64. The lowest BCUT2D eigenvalue weighted by Gasteiger charge is -2.23. The van der Waals surface area contributed by atoms with Crippen LogP contribution < -0.4 is 5.32 Å². The van der Waals surface area contributed by atoms with Crippen molar-refractivity contribution in [2.75, 3.05) is 53.0 Å². The van der Waals surface area contributed by atoms with E-state index in [1.54, 1.807) is 7.11 Å². The zero-order valence-corrected chi connectivity index (χ0v) is 19.9. The second-order valence-electron chi connectivity index (χ2n) is 7.74. The van der Waals surface area contributed by atoms with E-state index >= 15 is 0 Å². The summed E-state index contributed by atoms with van der Waals surface area (Å²) in [7, 11) is 3.74. The second kappa shape index (κ2) is 11.9. The highest BCUT2D eigenvalue weighted by atomic mass is 127. The van der Waals surface area contributed by atoms with E-state index in [2.05, 4.69) is 25.3 Å². The van der Waals surface area contributed by atoms with E-state index in [1.165, 1.54) is 38.9 Å². The molecule has 1 aromatic heterocycles. The molecule has 1 unspecified atom stereocenters. The van der Waals surface area contributed by atoms with Gasteiger partial charge >= 0.3 is 0 Å². The van der Waals surface area contributed by atoms with Gasteiger partial charge < -0.3 is 24.4 Å². The first-order valence-electron chi connectivity index (χ1n) is 10.3. The number of aliphatic imine (C=N–C) groups is 1. The maximum Gasteiger partial charge on any atom is 0.194 e. The van der Waals surface area contributed by atoms with Gasteiger partial charge in [-0.15, -0.1) is 34.2 Å². The van der Waals surface area contributed by atoms with Crippen molar-refractivity contribution < 1.29 is 4.74 Å². The fraction of sp³-hybridized carbons (Fsp3) is 0.842. The van der Waals surface area contributed by atoms with Crippen molar-refractivity contribution in [1.82, 2.24) is 29.9 Å². The van der Waals surface area contributed by atoms with E-state index < -0.39 is 0 Å². The van der Waals surface area contributed by atoms with Crippen LogP contribution in [0.25, 0.3) is 0 Å². The summed E-state index contributed by atoms with van der Waals surface area (Å²) in [4.78, 5) is 9.91. The minimum atomic E-state index is 0. The first-order chi connectivity index (χ1) is 13.2. The molecule has 28 heavy (non-hydrogen) atoms. The van der Waals surface area contributed by atoms with E-state index in [1.807, 2.05) is 18.5 Å². The molecule has 160 valence electrons. The van der Waals surface area contributed by atoms with E-state index in [9.17, 15) is 0 Å². The van der Waals surface area contributed by atoms with Gasteiger partial charge in [-0.05, 0) is 51.6 Å². The molecule has 0 aliphatic carbocycles. The van der Waals surface area contributed by atoms with Gasteiger partial charge in [0.2, 0.25) is 0 Å². The van der Waals surface area contributed by atoms with Gasteiger partial charge in [-0.2, -0.15) is 0 Å². The molecular formula is C19H36IN7O. The molecule has 0 spiro atoms. The number of hydrogen-bond donors (Lipinski definition) is 1. The normalized spacial score (nSPS) is 20.6. The van der Waals surface area contributed by atoms with Crippen LogP contribution in [0.3, 0.4) is 0 Å². The monoisotopic (exact) mass is 505 g/mol. The Labute approximate surface area is 186 Å². The standard InChI is InChI=1S/C19H35N7O.HI/c1-16-22-23-18(24(16)2)13-21-19(20-8-6-12-27-3)26-11-7-17(15-26)14-25-9-4-5-10-25;/h17H,4-15H2,1-3H3,(H,20,21);1H. The van der Waals surface area contributed by atoms with Crippen molar-refractivity contribution in [2.45, 2.75) is 39.2 Å². The van der Waals surface area contributed by atoms with Crippen LogP contribution in [0.2, 0.25) is 0 Å². The first-order valence-corrected chi connectivity index (χ1v) is 10.3. The van der Waals surface area contributed by atoms with Gasteiger partial charge in [0.05, 0.1) is 0 Å². The molecule has 2 fully saturated rings. The third-order valence-electron chi connectivity index (χ3n) is 5.66. The van der Waals surface area contributed by atoms with E-state index in [-0.39, 0.29) is 24.0 Å². The molecule has 0 bridgehead atoms. The van der Waals surface area contributed by atoms with E-state index in [4.69, 9.17) is 9.73 Å². The van der Waals surface area contributed by atoms with Crippen molar-refractivity contribution in [3.05, 3.63) is 11.6 Å². The molecule has 0 radical (unpaired) electrons. The summed E-state index contributed by atoms with van der Waals surface area (Å²) < 4.78 is 7.17. The summed E-state index contributed by atoms with van der Waals surface area (Å²) in [6.07, 6.45) is 4.95. The van der Waals surface area contributed by atoms with Crippen molar-refractivity contribution in [3.8, 4) is 0 Å². The SMILES string of the molecule is COCCCNC(=NCc1nnc(C)n1C)N1CCC(CN2CCCC2)C1.I. The zero-order chi connectivity index (χ0) is 19.1. The van der Waals surface area contributed by atoms with Crippen LogP contribution in [0.15, 0.2) is 4.99 Å². The number of aromatic nitrogens is 3. The molecule has 1 atom stereocenters. The first kappa shape index (κ1) is 23.3. The Balaban J connectivity index is 0.00000280. The van der Waals surface area contributed by atoms with Crippen LogP contribution in [0.4, 0.5) is 0 Å². The third-order valence-corrected chi connectivity index (χ3v) is 5.66. The summed E-state index contributed by atoms with van der Waals surface area (Å²) in [5, 5.41) is 11.9. The number of ether oxygens (including phenoxy) is 1. The van der Waals surface area contributed by atoms with Gasteiger partial charge in [0.25, 0.3) is 0 Å². The van der Waals surface area contributed by atoms with Crippen molar-refractivity contribution in [2.24, 2.45) is 18.0 Å². The van der Waals surface area contributed by atoms with Crippen LogP contribution in [0.5, 0.6) is 0 Å². The minimum absolute atomic E-state index is 0. The van der Waals surface area contributed by atoms with Crippen molar-refractivity contribution >= 4 is 29.9 Å². The molecule has 1 aromatic rings. The van der Waals surface area contributed by atoms with Crippen LogP contribution in [0.1, 0.15) is 37.3 Å². The molecule has 0 saturated carbocycles. The Hall–Kier alpha value is -0.940. The highest BCUT2D eigenvalue weighted by Crippen LogP contribution is 2.20. The summed E-state index contributed by atoms with van der Waals surface area (Å²) in [6, 6.07) is 0. The Morgan fingerprint density at radius 3 is 2.71 bits per heavy atom. The second-order valence-corrected chi connectivity index (χ2v) is 7.74. The number of guanidine groups is 1. The van der Waals surface area contributed by atoms with Crippen molar-refractivity contribution in [1.29, 1.82) is 0 Å². The van der Waals surface area contributed by atoms with Crippen LogP contribution in [-0.2, 0) is 18.3 Å². The number of nitrogens with zero attached hydrogens (tertiary/aromatic N) is 6. The lowest BCUT2D eigenvalue weighted by Crippen LogP contribution is -2.41. The summed E-state index contributed by atoms with van der Waals surface area (Å²) >= 11 is 0. The maximum absolute atomic E-state index is 5.17. The summed E-state index contributed by atoms with van der Waals surface area (Å²) in [5.74, 6) is 3.56. The molecule has 9 heteroatoms. The molecule has 3 heterocycles. The molecule has 3 rings (SSSR count).